The fourth-order valence-electron chi connectivity index (χ4n) is 6.90. The van der Waals surface area contributed by atoms with Gasteiger partial charge in [-0.3, -0.25) is 4.57 Å². The minimum absolute atomic E-state index is 0.106. The molecule has 7 aromatic rings. The van der Waals surface area contributed by atoms with E-state index in [-0.39, 0.29) is 10.8 Å². The van der Waals surface area contributed by atoms with Crippen LogP contribution in [0, 0.1) is 6.92 Å². The predicted octanol–water partition coefficient (Wildman–Crippen LogP) is 11.7. The van der Waals surface area contributed by atoms with Crippen LogP contribution >= 0.6 is 0 Å². The molecular weight excluding hydrogens is 601 g/mol. The van der Waals surface area contributed by atoms with Crippen molar-refractivity contribution in [2.45, 2.75) is 79.1 Å². The van der Waals surface area contributed by atoms with E-state index in [0.29, 0.717) is 0 Å². The lowest BCUT2D eigenvalue weighted by molar-refractivity contribution is 0.477. The number of benzene rings is 4. The summed E-state index contributed by atoms with van der Waals surface area (Å²) in [5.74, 6) is 2.45. The molecule has 0 saturated carbocycles. The molecule has 0 N–H and O–H groups in total. The van der Waals surface area contributed by atoms with E-state index in [4.69, 9.17) is 14.8 Å². The van der Waals surface area contributed by atoms with E-state index >= 15 is 0 Å². The van der Waals surface area contributed by atoms with Crippen LogP contribution in [0.1, 0.15) is 77.4 Å². The molecule has 3 aromatic heterocycles. The molecule has 0 atom stereocenters. The molecular formula is C44H46N4O. The predicted molar refractivity (Wildman–Crippen MR) is 204 cm³/mol. The zero-order valence-corrected chi connectivity index (χ0v) is 30.0. The Balaban J connectivity index is 1.40. The number of fused-ring (bicyclic) bond motifs is 3. The highest BCUT2D eigenvalue weighted by Gasteiger charge is 2.30. The van der Waals surface area contributed by atoms with Gasteiger partial charge in [-0.05, 0) is 77.9 Å². The van der Waals surface area contributed by atoms with E-state index < -0.39 is 0 Å². The SMILES string of the molecule is CCCc1nn(-c2cc(Oc3ccc4c5ccccc5n(-c5cc(C)ccn5)c4c3)cc(C(C)(C)C)c2)c(C(C)(C)C)c1-c1ccccc1. The highest BCUT2D eigenvalue weighted by Crippen LogP contribution is 2.41. The maximum Gasteiger partial charge on any atom is 0.137 e. The van der Waals surface area contributed by atoms with Crippen molar-refractivity contribution in [3.05, 3.63) is 132 Å². The third-order valence-electron chi connectivity index (χ3n) is 9.23. The van der Waals surface area contributed by atoms with Crippen LogP contribution in [-0.2, 0) is 17.3 Å². The van der Waals surface area contributed by atoms with Gasteiger partial charge in [0.1, 0.15) is 17.3 Å². The number of ether oxygens (including phenoxy) is 1. The van der Waals surface area contributed by atoms with Crippen LogP contribution in [0.15, 0.2) is 109 Å². The summed E-state index contributed by atoms with van der Waals surface area (Å²) in [6, 6.07) is 36.4. The Morgan fingerprint density at radius 3 is 2.14 bits per heavy atom. The lowest BCUT2D eigenvalue weighted by Gasteiger charge is -2.25. The van der Waals surface area contributed by atoms with Crippen molar-refractivity contribution in [2.75, 3.05) is 0 Å². The Labute approximate surface area is 290 Å². The van der Waals surface area contributed by atoms with Gasteiger partial charge in [-0.1, -0.05) is 103 Å². The fraction of sp³-hybridized carbons (Fsp3) is 0.273. The normalized spacial score (nSPS) is 12.2. The Morgan fingerprint density at radius 1 is 0.694 bits per heavy atom. The van der Waals surface area contributed by atoms with Crippen molar-refractivity contribution >= 4 is 21.8 Å². The van der Waals surface area contributed by atoms with Gasteiger partial charge < -0.3 is 4.74 Å². The quantitative estimate of drug-likeness (QED) is 0.173. The summed E-state index contributed by atoms with van der Waals surface area (Å²) in [6.45, 7) is 17.9. The summed E-state index contributed by atoms with van der Waals surface area (Å²) in [5.41, 5.74) is 10.0. The van der Waals surface area contributed by atoms with Crippen molar-refractivity contribution < 1.29 is 4.74 Å². The molecule has 0 amide bonds. The van der Waals surface area contributed by atoms with Crippen molar-refractivity contribution in [2.24, 2.45) is 0 Å². The second kappa shape index (κ2) is 12.4. The van der Waals surface area contributed by atoms with Crippen molar-refractivity contribution in [3.63, 3.8) is 0 Å². The van der Waals surface area contributed by atoms with Crippen molar-refractivity contribution in [3.8, 4) is 34.1 Å². The Morgan fingerprint density at radius 2 is 1.43 bits per heavy atom. The molecule has 0 bridgehead atoms. The Hall–Kier alpha value is -5.16. The second-order valence-corrected chi connectivity index (χ2v) is 15.2. The average Bonchev–Trinajstić information content (AvgIpc) is 3.61. The zero-order valence-electron chi connectivity index (χ0n) is 30.0. The Kier molecular flexibility index (Phi) is 8.18. The maximum atomic E-state index is 6.81. The number of para-hydroxylation sites is 1. The number of hydrogen-bond acceptors (Lipinski definition) is 3. The highest BCUT2D eigenvalue weighted by atomic mass is 16.5. The molecule has 0 aliphatic carbocycles. The van der Waals surface area contributed by atoms with Crippen LogP contribution in [0.3, 0.4) is 0 Å². The summed E-state index contributed by atoms with van der Waals surface area (Å²) >= 11 is 0. The number of aromatic nitrogens is 4. The second-order valence-electron chi connectivity index (χ2n) is 15.2. The summed E-state index contributed by atoms with van der Waals surface area (Å²) in [5, 5.41) is 7.71. The lowest BCUT2D eigenvalue weighted by Crippen LogP contribution is -2.19. The molecule has 5 heteroatoms. The fourth-order valence-corrected chi connectivity index (χ4v) is 6.90. The van der Waals surface area contributed by atoms with Crippen LogP contribution in [0.5, 0.6) is 11.5 Å². The van der Waals surface area contributed by atoms with Crippen molar-refractivity contribution in [1.29, 1.82) is 0 Å². The molecule has 7 rings (SSSR count). The molecule has 0 spiro atoms. The molecule has 0 aliphatic heterocycles. The molecule has 5 nitrogen and oxygen atoms in total. The first-order chi connectivity index (χ1) is 23.4. The third-order valence-corrected chi connectivity index (χ3v) is 9.23. The first kappa shape index (κ1) is 32.4. The number of pyridine rings is 1. The van der Waals surface area contributed by atoms with E-state index in [2.05, 4.69) is 162 Å². The van der Waals surface area contributed by atoms with Gasteiger partial charge in [0, 0.05) is 40.1 Å². The number of nitrogens with zero attached hydrogens (tertiary/aromatic N) is 4. The molecule has 0 aliphatic rings. The summed E-state index contributed by atoms with van der Waals surface area (Å²) in [7, 11) is 0. The Bertz CT molecular complexity index is 2290. The smallest absolute Gasteiger partial charge is 0.137 e. The summed E-state index contributed by atoms with van der Waals surface area (Å²) in [4.78, 5) is 4.76. The first-order valence-corrected chi connectivity index (χ1v) is 17.4. The molecule has 0 fully saturated rings. The van der Waals surface area contributed by atoms with Crippen LogP contribution in [0.4, 0.5) is 0 Å². The molecule has 248 valence electrons. The number of hydrogen-bond donors (Lipinski definition) is 0. The van der Waals surface area contributed by atoms with E-state index in [9.17, 15) is 0 Å². The largest absolute Gasteiger partial charge is 0.457 e. The lowest BCUT2D eigenvalue weighted by atomic mass is 9.85. The maximum absolute atomic E-state index is 6.81. The van der Waals surface area contributed by atoms with Gasteiger partial charge in [0.2, 0.25) is 0 Å². The summed E-state index contributed by atoms with van der Waals surface area (Å²) < 4.78 is 11.2. The van der Waals surface area contributed by atoms with E-state index in [0.717, 1.165) is 52.6 Å². The van der Waals surface area contributed by atoms with Gasteiger partial charge in [-0.25, -0.2) is 9.67 Å². The van der Waals surface area contributed by atoms with E-state index in [1.165, 1.54) is 38.7 Å². The number of rotatable bonds is 7. The number of aryl methyl sites for hydroxylation is 2. The van der Waals surface area contributed by atoms with Gasteiger partial charge in [-0.15, -0.1) is 0 Å². The standard InChI is InChI=1S/C44H46N4O/c1-9-15-37-41(30-16-11-10-12-17-30)42(44(6,7)8)48(46-37)32-25-31(43(3,4)5)26-34(27-32)49-33-20-21-36-35-18-13-14-19-38(35)47(39(36)28-33)40-24-29(2)22-23-45-40/h10-14,16-28H,9,15H2,1-8H3. The van der Waals surface area contributed by atoms with E-state index in [1.807, 2.05) is 12.3 Å². The van der Waals surface area contributed by atoms with E-state index in [1.54, 1.807) is 0 Å². The molecule has 3 heterocycles. The first-order valence-electron chi connectivity index (χ1n) is 17.4. The van der Waals surface area contributed by atoms with Gasteiger partial charge in [0.05, 0.1) is 28.1 Å². The topological polar surface area (TPSA) is 44.9 Å². The van der Waals surface area contributed by atoms with Crippen LogP contribution < -0.4 is 4.74 Å². The zero-order chi connectivity index (χ0) is 34.5. The minimum Gasteiger partial charge on any atom is -0.457 e. The van der Waals surface area contributed by atoms with Crippen LogP contribution in [-0.4, -0.2) is 19.3 Å². The van der Waals surface area contributed by atoms with Crippen LogP contribution in [0.25, 0.3) is 44.4 Å². The monoisotopic (exact) mass is 646 g/mol. The molecule has 4 aromatic carbocycles. The van der Waals surface area contributed by atoms with Gasteiger partial charge in [0.25, 0.3) is 0 Å². The molecule has 49 heavy (non-hydrogen) atoms. The average molecular weight is 647 g/mol. The highest BCUT2D eigenvalue weighted by molar-refractivity contribution is 6.09. The van der Waals surface area contributed by atoms with Gasteiger partial charge in [-0.2, -0.15) is 5.10 Å². The van der Waals surface area contributed by atoms with Gasteiger partial charge >= 0.3 is 0 Å². The minimum atomic E-state index is -0.162. The molecule has 0 radical (unpaired) electrons. The third kappa shape index (κ3) is 6.14. The molecule has 0 unspecified atom stereocenters. The molecule has 0 saturated heterocycles. The summed E-state index contributed by atoms with van der Waals surface area (Å²) in [6.07, 6.45) is 3.81. The van der Waals surface area contributed by atoms with Crippen molar-refractivity contribution in [1.82, 2.24) is 19.3 Å². The van der Waals surface area contributed by atoms with Gasteiger partial charge in [0.15, 0.2) is 0 Å². The van der Waals surface area contributed by atoms with Crippen LogP contribution in [0.2, 0.25) is 0 Å².